The minimum absolute atomic E-state index is 0.0919. The summed E-state index contributed by atoms with van der Waals surface area (Å²) in [6.07, 6.45) is 1.55. The summed E-state index contributed by atoms with van der Waals surface area (Å²) in [5.74, 6) is 0.0453. The van der Waals surface area contributed by atoms with Gasteiger partial charge in [0.1, 0.15) is 11.9 Å². The minimum Gasteiger partial charge on any atom is -0.480 e. The van der Waals surface area contributed by atoms with Gasteiger partial charge in [0.25, 0.3) is 0 Å². The fraction of sp³-hybridized carbons (Fsp3) is 0.417. The molecule has 2 heterocycles. The first kappa shape index (κ1) is 12.3. The second-order valence-corrected chi connectivity index (χ2v) is 4.17. The molecule has 0 saturated carbocycles. The van der Waals surface area contributed by atoms with Crippen LogP contribution in [0.4, 0.5) is 5.82 Å². The van der Waals surface area contributed by atoms with E-state index in [1.165, 1.54) is 0 Å². The molecule has 0 aliphatic carbocycles. The third-order valence-corrected chi connectivity index (χ3v) is 2.93. The van der Waals surface area contributed by atoms with E-state index in [0.717, 1.165) is 18.9 Å². The van der Waals surface area contributed by atoms with Crippen molar-refractivity contribution >= 4 is 11.8 Å². The van der Waals surface area contributed by atoms with Crippen LogP contribution in [0.1, 0.15) is 5.56 Å². The van der Waals surface area contributed by atoms with Gasteiger partial charge in [-0.15, -0.1) is 0 Å². The van der Waals surface area contributed by atoms with Crippen LogP contribution in [0.25, 0.3) is 0 Å². The third-order valence-electron chi connectivity index (χ3n) is 2.93. The number of carboxylic acids is 1. The smallest absolute Gasteiger partial charge is 0.317 e. The summed E-state index contributed by atoms with van der Waals surface area (Å²) >= 11 is 0. The summed E-state index contributed by atoms with van der Waals surface area (Å²) < 4.78 is 0. The van der Waals surface area contributed by atoms with Gasteiger partial charge in [0.05, 0.1) is 12.1 Å². The molecule has 0 radical (unpaired) electrons. The Bertz CT molecular complexity index is 458. The van der Waals surface area contributed by atoms with Gasteiger partial charge in [-0.05, 0) is 12.1 Å². The second kappa shape index (κ2) is 5.47. The van der Waals surface area contributed by atoms with Crippen LogP contribution >= 0.6 is 0 Å². The zero-order chi connectivity index (χ0) is 13.0. The van der Waals surface area contributed by atoms with E-state index in [1.54, 1.807) is 12.3 Å². The minimum atomic E-state index is -0.792. The number of pyridine rings is 1. The molecule has 1 saturated heterocycles. The van der Waals surface area contributed by atoms with Gasteiger partial charge in [0.2, 0.25) is 0 Å². The Kier molecular flexibility index (Phi) is 3.75. The Hall–Kier alpha value is -2.13. The number of carboxylic acid groups (broad SMARTS) is 1. The molecule has 1 aromatic rings. The summed E-state index contributed by atoms with van der Waals surface area (Å²) in [4.78, 5) is 18.8. The maximum atomic E-state index is 10.6. The highest BCUT2D eigenvalue weighted by molar-refractivity contribution is 5.69. The first-order valence-corrected chi connectivity index (χ1v) is 5.74. The van der Waals surface area contributed by atoms with Crippen molar-refractivity contribution in [2.75, 3.05) is 37.6 Å². The van der Waals surface area contributed by atoms with Crippen LogP contribution in [-0.4, -0.2) is 53.7 Å². The number of nitriles is 1. The number of hydrogen-bond donors (Lipinski definition) is 1. The van der Waals surface area contributed by atoms with Crippen LogP contribution in [0.2, 0.25) is 0 Å². The SMILES string of the molecule is N#Cc1ccc(N2CCN(CC(=O)O)CC2)nc1. The molecule has 1 aromatic heterocycles. The topological polar surface area (TPSA) is 80.5 Å². The lowest BCUT2D eigenvalue weighted by Crippen LogP contribution is -2.48. The lowest BCUT2D eigenvalue weighted by molar-refractivity contribution is -0.138. The molecule has 1 fully saturated rings. The molecule has 6 heteroatoms. The molecule has 0 bridgehead atoms. The fourth-order valence-corrected chi connectivity index (χ4v) is 1.97. The van der Waals surface area contributed by atoms with Gasteiger partial charge in [-0.25, -0.2) is 4.98 Å². The Balaban J connectivity index is 1.93. The van der Waals surface area contributed by atoms with Gasteiger partial charge < -0.3 is 10.0 Å². The van der Waals surface area contributed by atoms with E-state index in [2.05, 4.69) is 9.88 Å². The third kappa shape index (κ3) is 2.96. The molecule has 0 aromatic carbocycles. The number of nitrogens with zero attached hydrogens (tertiary/aromatic N) is 4. The summed E-state index contributed by atoms with van der Waals surface area (Å²) in [6, 6.07) is 5.60. The maximum absolute atomic E-state index is 10.6. The molecule has 94 valence electrons. The quantitative estimate of drug-likeness (QED) is 0.818. The van der Waals surface area contributed by atoms with E-state index < -0.39 is 5.97 Å². The molecular formula is C12H14N4O2. The number of piperazine rings is 1. The van der Waals surface area contributed by atoms with Crippen LogP contribution in [-0.2, 0) is 4.79 Å². The molecule has 1 aliphatic rings. The summed E-state index contributed by atoms with van der Waals surface area (Å²) in [5, 5.41) is 17.4. The number of hydrogen-bond acceptors (Lipinski definition) is 5. The monoisotopic (exact) mass is 246 g/mol. The van der Waals surface area contributed by atoms with E-state index in [-0.39, 0.29) is 6.54 Å². The molecule has 1 aliphatic heterocycles. The Morgan fingerprint density at radius 3 is 2.61 bits per heavy atom. The van der Waals surface area contributed by atoms with Gasteiger partial charge in [-0.1, -0.05) is 0 Å². The predicted octanol–water partition coefficient (Wildman–Crippen LogP) is 0.160. The maximum Gasteiger partial charge on any atom is 0.317 e. The Labute approximate surface area is 105 Å². The van der Waals surface area contributed by atoms with Crippen molar-refractivity contribution in [3.05, 3.63) is 23.9 Å². The largest absolute Gasteiger partial charge is 0.480 e. The van der Waals surface area contributed by atoms with E-state index in [0.29, 0.717) is 18.7 Å². The Morgan fingerprint density at radius 1 is 1.39 bits per heavy atom. The first-order chi connectivity index (χ1) is 8.69. The Morgan fingerprint density at radius 2 is 2.11 bits per heavy atom. The number of rotatable bonds is 3. The molecular weight excluding hydrogens is 232 g/mol. The normalized spacial score (nSPS) is 16.3. The number of aliphatic carboxylic acids is 1. The van der Waals surface area contributed by atoms with E-state index in [1.807, 2.05) is 17.0 Å². The second-order valence-electron chi connectivity index (χ2n) is 4.17. The molecule has 1 N–H and O–H groups in total. The lowest BCUT2D eigenvalue weighted by Gasteiger charge is -2.34. The van der Waals surface area contributed by atoms with Crippen molar-refractivity contribution < 1.29 is 9.90 Å². The van der Waals surface area contributed by atoms with Crippen molar-refractivity contribution in [3.63, 3.8) is 0 Å². The van der Waals surface area contributed by atoms with Crippen LogP contribution in [0, 0.1) is 11.3 Å². The highest BCUT2D eigenvalue weighted by Crippen LogP contribution is 2.13. The van der Waals surface area contributed by atoms with Gasteiger partial charge in [-0.3, -0.25) is 9.69 Å². The molecule has 0 unspecified atom stereocenters. The number of anilines is 1. The van der Waals surface area contributed by atoms with Crippen molar-refractivity contribution in [2.45, 2.75) is 0 Å². The van der Waals surface area contributed by atoms with E-state index in [9.17, 15) is 4.79 Å². The highest BCUT2D eigenvalue weighted by atomic mass is 16.4. The standard InChI is InChI=1S/C12H14N4O2/c13-7-10-1-2-11(14-8-10)16-5-3-15(4-6-16)9-12(17)18/h1-2,8H,3-6,9H2,(H,17,18). The highest BCUT2D eigenvalue weighted by Gasteiger charge is 2.19. The van der Waals surface area contributed by atoms with E-state index in [4.69, 9.17) is 10.4 Å². The first-order valence-electron chi connectivity index (χ1n) is 5.74. The van der Waals surface area contributed by atoms with Crippen LogP contribution in [0.15, 0.2) is 18.3 Å². The molecule has 0 amide bonds. The number of aromatic nitrogens is 1. The zero-order valence-corrected chi connectivity index (χ0v) is 9.91. The molecule has 2 rings (SSSR count). The van der Waals surface area contributed by atoms with Gasteiger partial charge in [-0.2, -0.15) is 5.26 Å². The molecule has 18 heavy (non-hydrogen) atoms. The molecule has 6 nitrogen and oxygen atoms in total. The summed E-state index contributed by atoms with van der Waals surface area (Å²) in [7, 11) is 0. The van der Waals surface area contributed by atoms with Crippen molar-refractivity contribution in [2.24, 2.45) is 0 Å². The summed E-state index contributed by atoms with van der Waals surface area (Å²) in [6.45, 7) is 3.04. The average molecular weight is 246 g/mol. The lowest BCUT2D eigenvalue weighted by atomic mass is 10.2. The van der Waals surface area contributed by atoms with Gasteiger partial charge >= 0.3 is 5.97 Å². The van der Waals surface area contributed by atoms with Crippen molar-refractivity contribution in [1.29, 1.82) is 5.26 Å². The molecule has 0 atom stereocenters. The number of carbonyl (C=O) groups is 1. The zero-order valence-electron chi connectivity index (χ0n) is 9.91. The van der Waals surface area contributed by atoms with Crippen molar-refractivity contribution in [3.8, 4) is 6.07 Å². The predicted molar refractivity (Wildman–Crippen MR) is 65.2 cm³/mol. The van der Waals surface area contributed by atoms with E-state index >= 15 is 0 Å². The van der Waals surface area contributed by atoms with Crippen molar-refractivity contribution in [1.82, 2.24) is 9.88 Å². The molecule has 0 spiro atoms. The van der Waals surface area contributed by atoms with Gasteiger partial charge in [0, 0.05) is 32.4 Å². The van der Waals surface area contributed by atoms with Crippen LogP contribution < -0.4 is 4.90 Å². The van der Waals surface area contributed by atoms with Crippen LogP contribution in [0.3, 0.4) is 0 Å². The average Bonchev–Trinajstić information content (AvgIpc) is 2.39. The fourth-order valence-electron chi connectivity index (χ4n) is 1.97. The van der Waals surface area contributed by atoms with Crippen LogP contribution in [0.5, 0.6) is 0 Å². The van der Waals surface area contributed by atoms with Gasteiger partial charge in [0.15, 0.2) is 0 Å². The summed E-state index contributed by atoms with van der Waals surface area (Å²) in [5.41, 5.74) is 0.545.